The van der Waals surface area contributed by atoms with E-state index in [9.17, 15) is 19.2 Å². The number of fused-ring (bicyclic) bond motifs is 20. The lowest BCUT2D eigenvalue weighted by Crippen LogP contribution is -1.97. The van der Waals surface area contributed by atoms with Crippen molar-refractivity contribution in [3.8, 4) is 22.7 Å². The first-order chi connectivity index (χ1) is 44.5. The van der Waals surface area contributed by atoms with Gasteiger partial charge in [-0.15, -0.1) is 45.3 Å². The minimum absolute atomic E-state index is 0.0652. The van der Waals surface area contributed by atoms with Gasteiger partial charge in [-0.25, -0.2) is 0 Å². The number of nitrogens with zero attached hydrogens (tertiary/aromatic N) is 4. The summed E-state index contributed by atoms with van der Waals surface area (Å²) in [6, 6.07) is 68.4. The Labute approximate surface area is 543 Å². The fourth-order valence-electron chi connectivity index (χ4n) is 13.8. The molecule has 0 saturated carbocycles. The summed E-state index contributed by atoms with van der Waals surface area (Å²) in [7, 11) is 0. The van der Waals surface area contributed by atoms with Gasteiger partial charge in [0.05, 0.1) is 62.9 Å². The molecular formula is C80H56N4O4S4. The van der Waals surface area contributed by atoms with Crippen LogP contribution in [0.3, 0.4) is 0 Å². The average Bonchev–Trinajstić information content (AvgIpc) is 1.57. The highest BCUT2D eigenvalue weighted by Crippen LogP contribution is 2.51. The van der Waals surface area contributed by atoms with Crippen LogP contribution in [0.4, 0.5) is 0 Å². The highest BCUT2D eigenvalue weighted by molar-refractivity contribution is 7.29. The normalized spacial score (nSPS) is 12.1. The van der Waals surface area contributed by atoms with E-state index in [1.54, 1.807) is 27.7 Å². The van der Waals surface area contributed by atoms with Crippen LogP contribution in [0.25, 0.3) is 148 Å². The van der Waals surface area contributed by atoms with Crippen LogP contribution in [0.15, 0.2) is 194 Å². The number of hydrogen-bond acceptors (Lipinski definition) is 8. The first kappa shape index (κ1) is 55.9. The molecule has 0 aliphatic rings. The van der Waals surface area contributed by atoms with Crippen LogP contribution in [0.5, 0.6) is 0 Å². The van der Waals surface area contributed by atoms with E-state index in [2.05, 4.69) is 192 Å². The van der Waals surface area contributed by atoms with Crippen LogP contribution in [0.2, 0.25) is 0 Å². The number of carbonyl (C=O) groups is 4. The van der Waals surface area contributed by atoms with Gasteiger partial charge < -0.3 is 18.3 Å². The molecule has 12 heteroatoms. The predicted octanol–water partition coefficient (Wildman–Crippen LogP) is 22.7. The zero-order valence-electron chi connectivity index (χ0n) is 51.5. The van der Waals surface area contributed by atoms with Crippen molar-refractivity contribution >= 4 is 193 Å². The van der Waals surface area contributed by atoms with Gasteiger partial charge in [0.2, 0.25) is 0 Å². The summed E-state index contributed by atoms with van der Waals surface area (Å²) in [6.07, 6.45) is 0. The highest BCUT2D eigenvalue weighted by atomic mass is 32.1. The van der Waals surface area contributed by atoms with Crippen LogP contribution in [0.1, 0.15) is 91.4 Å². The SMILES string of the molecule is CC(=O)c1ccc2c3sc4cc5c(cc4c3n(-c3ccc(C)cc3)c2c1)sc1c2ccc(C(C)=O)cc2n(-c2ccc(C)cc2)c51.CC(=O)c1ccc2c3sc4cc5c(cc4c3n(-c3ccc(C)cc3)c2c1)sc1c2ccc(C(C)=O)cc2n(-c2ccc(C)cc2)c51. The van der Waals surface area contributed by atoms with Crippen molar-refractivity contribution in [1.29, 1.82) is 0 Å². The Morgan fingerprint density at radius 3 is 0.630 bits per heavy atom. The zero-order valence-corrected chi connectivity index (χ0v) is 54.8. The van der Waals surface area contributed by atoms with Crippen molar-refractivity contribution in [2.75, 3.05) is 0 Å². The summed E-state index contributed by atoms with van der Waals surface area (Å²) in [5.41, 5.74) is 21.0. The molecule has 18 rings (SSSR count). The highest BCUT2D eigenvalue weighted by Gasteiger charge is 2.26. The molecule has 444 valence electrons. The summed E-state index contributed by atoms with van der Waals surface area (Å²) in [4.78, 5) is 49.7. The standard InChI is InChI=1S/2C40H28N2O2S2/c2*1-21-5-11-27(12-6-21)41-33-17-25(23(3)43)9-15-29(33)39-37(41)31-19-36-32(20-35(31)45-39)38-40(46-36)30-16-10-26(24(4)44)18-34(30)42(38)28-13-7-22(2)8-14-28/h2*5-20H,1-4H3. The molecule has 0 aliphatic carbocycles. The first-order valence-electron chi connectivity index (χ1n) is 30.7. The van der Waals surface area contributed by atoms with Gasteiger partial charge in [0.25, 0.3) is 0 Å². The molecule has 8 heterocycles. The maximum Gasteiger partial charge on any atom is 0.159 e. The number of ketones is 4. The molecule has 0 unspecified atom stereocenters. The Balaban J connectivity index is 0.000000141. The number of rotatable bonds is 8. The third kappa shape index (κ3) is 8.51. The molecule has 18 aromatic rings. The van der Waals surface area contributed by atoms with Crippen LogP contribution in [0, 0.1) is 27.7 Å². The molecule has 8 aromatic heterocycles. The van der Waals surface area contributed by atoms with Crippen molar-refractivity contribution < 1.29 is 19.2 Å². The second-order valence-corrected chi connectivity index (χ2v) is 28.9. The van der Waals surface area contributed by atoms with Crippen molar-refractivity contribution in [1.82, 2.24) is 18.3 Å². The maximum absolute atomic E-state index is 12.4. The van der Waals surface area contributed by atoms with E-state index in [1.165, 1.54) is 103 Å². The fourth-order valence-corrected chi connectivity index (χ4v) is 18.7. The molecule has 0 N–H and O–H groups in total. The summed E-state index contributed by atoms with van der Waals surface area (Å²) >= 11 is 7.25. The number of carbonyl (C=O) groups excluding carboxylic acids is 4. The van der Waals surface area contributed by atoms with Crippen LogP contribution in [-0.4, -0.2) is 41.4 Å². The molecule has 92 heavy (non-hydrogen) atoms. The first-order valence-corrected chi connectivity index (χ1v) is 33.9. The Morgan fingerprint density at radius 2 is 0.446 bits per heavy atom. The summed E-state index contributed by atoms with van der Waals surface area (Å²) in [5.74, 6) is 0.261. The van der Waals surface area contributed by atoms with Crippen molar-refractivity contribution in [3.63, 3.8) is 0 Å². The molecule has 0 bridgehead atoms. The molecule has 0 saturated heterocycles. The molecule has 10 aromatic carbocycles. The molecular weight excluding hydrogens is 1210 g/mol. The quantitative estimate of drug-likeness (QED) is 0.142. The predicted molar refractivity (Wildman–Crippen MR) is 391 cm³/mol. The molecule has 0 atom stereocenters. The van der Waals surface area contributed by atoms with E-state index < -0.39 is 0 Å². The lowest BCUT2D eigenvalue weighted by Gasteiger charge is -2.10. The molecule has 0 spiro atoms. The third-order valence-corrected chi connectivity index (χ3v) is 23.2. The lowest BCUT2D eigenvalue weighted by atomic mass is 10.1. The minimum Gasteiger partial charge on any atom is -0.308 e. The van der Waals surface area contributed by atoms with Gasteiger partial charge in [-0.2, -0.15) is 0 Å². The second-order valence-electron chi connectivity index (χ2n) is 24.6. The average molecular weight is 1270 g/mol. The topological polar surface area (TPSA) is 88.0 Å². The van der Waals surface area contributed by atoms with Crippen LogP contribution >= 0.6 is 45.3 Å². The van der Waals surface area contributed by atoms with Gasteiger partial charge in [-0.3, -0.25) is 19.2 Å². The molecule has 8 nitrogen and oxygen atoms in total. The van der Waals surface area contributed by atoms with Crippen molar-refractivity contribution in [3.05, 3.63) is 239 Å². The Kier molecular flexibility index (Phi) is 12.6. The van der Waals surface area contributed by atoms with Crippen molar-refractivity contribution in [2.24, 2.45) is 0 Å². The van der Waals surface area contributed by atoms with E-state index in [0.29, 0.717) is 0 Å². The van der Waals surface area contributed by atoms with Gasteiger partial charge in [-0.1, -0.05) is 119 Å². The van der Waals surface area contributed by atoms with Gasteiger partial charge in [0.1, 0.15) is 0 Å². The van der Waals surface area contributed by atoms with Gasteiger partial charge in [0.15, 0.2) is 23.1 Å². The van der Waals surface area contributed by atoms with E-state index in [1.807, 2.05) is 93.9 Å². The zero-order chi connectivity index (χ0) is 62.9. The summed E-state index contributed by atoms with van der Waals surface area (Å²) < 4.78 is 19.1. The van der Waals surface area contributed by atoms with Crippen LogP contribution < -0.4 is 0 Å². The summed E-state index contributed by atoms with van der Waals surface area (Å²) in [5, 5.41) is 9.46. The molecule has 0 fully saturated rings. The monoisotopic (exact) mass is 1260 g/mol. The molecule has 0 radical (unpaired) electrons. The number of benzene rings is 10. The molecule has 0 amide bonds. The van der Waals surface area contributed by atoms with Crippen LogP contribution in [-0.2, 0) is 0 Å². The number of aryl methyl sites for hydroxylation is 4. The van der Waals surface area contributed by atoms with E-state index in [0.717, 1.165) is 88.6 Å². The maximum atomic E-state index is 12.4. The van der Waals surface area contributed by atoms with E-state index in [4.69, 9.17) is 0 Å². The van der Waals surface area contributed by atoms with E-state index in [-0.39, 0.29) is 23.1 Å². The largest absolute Gasteiger partial charge is 0.308 e. The minimum atomic E-state index is 0.0652. The number of hydrogen-bond donors (Lipinski definition) is 0. The third-order valence-electron chi connectivity index (χ3n) is 18.5. The number of aromatic nitrogens is 4. The Bertz CT molecular complexity index is 5500. The van der Waals surface area contributed by atoms with Gasteiger partial charge in [-0.05, 0) is 152 Å². The van der Waals surface area contributed by atoms with Gasteiger partial charge >= 0.3 is 0 Å². The number of thiophene rings is 4. The van der Waals surface area contributed by atoms with Gasteiger partial charge in [0, 0.05) is 107 Å². The molecule has 0 aliphatic heterocycles. The second kappa shape index (κ2) is 20.7. The fraction of sp³-hybridized carbons (Fsp3) is 0.100. The van der Waals surface area contributed by atoms with Crippen molar-refractivity contribution in [2.45, 2.75) is 55.4 Å². The lowest BCUT2D eigenvalue weighted by molar-refractivity contribution is 0.100. The smallest absolute Gasteiger partial charge is 0.159 e. The Hall–Kier alpha value is -10.1. The number of Topliss-reactive ketones (excluding diaryl/α,β-unsaturated/α-hetero) is 4. The van der Waals surface area contributed by atoms with E-state index >= 15 is 0 Å². The Morgan fingerprint density at radius 1 is 0.250 bits per heavy atom. The summed E-state index contributed by atoms with van der Waals surface area (Å²) in [6.45, 7) is 14.9.